The van der Waals surface area contributed by atoms with Crippen molar-refractivity contribution >= 4 is 30.7 Å². The molecule has 128 valence electrons. The molecular formula is C15H23Cl2N5O. The molecule has 0 aliphatic heterocycles. The number of hydrogen-bond donors (Lipinski definition) is 2. The number of hydrogen-bond acceptors (Lipinski definition) is 4. The molecule has 8 heteroatoms. The van der Waals surface area contributed by atoms with Crippen molar-refractivity contribution in [3.05, 3.63) is 42.4 Å². The molecular weight excluding hydrogens is 337 g/mol. The molecule has 0 aromatic carbocycles. The van der Waals surface area contributed by atoms with E-state index in [0.29, 0.717) is 18.1 Å². The first kappa shape index (κ1) is 21.4. The Hall–Kier alpha value is -1.63. The van der Waals surface area contributed by atoms with Crippen LogP contribution in [0, 0.1) is 0 Å². The highest BCUT2D eigenvalue weighted by Gasteiger charge is 2.21. The van der Waals surface area contributed by atoms with Gasteiger partial charge in [0.05, 0.1) is 0 Å². The number of aromatic nitrogens is 3. The average Bonchev–Trinajstić information content (AvgIpc) is 3.07. The lowest BCUT2D eigenvalue weighted by Gasteiger charge is -2.26. The van der Waals surface area contributed by atoms with Gasteiger partial charge in [0, 0.05) is 24.5 Å². The van der Waals surface area contributed by atoms with Gasteiger partial charge in [-0.25, -0.2) is 9.67 Å². The van der Waals surface area contributed by atoms with Crippen molar-refractivity contribution in [2.75, 3.05) is 6.54 Å². The van der Waals surface area contributed by atoms with Crippen LogP contribution in [0.4, 0.5) is 0 Å². The Morgan fingerprint density at radius 3 is 2.52 bits per heavy atom. The fraction of sp³-hybridized carbons (Fsp3) is 0.400. The molecule has 0 radical (unpaired) electrons. The van der Waals surface area contributed by atoms with Crippen molar-refractivity contribution in [1.82, 2.24) is 20.1 Å². The molecule has 2 aromatic heterocycles. The van der Waals surface area contributed by atoms with E-state index >= 15 is 0 Å². The molecule has 3 N–H and O–H groups in total. The highest BCUT2D eigenvalue weighted by atomic mass is 35.5. The first-order chi connectivity index (χ1) is 10.1. The van der Waals surface area contributed by atoms with Gasteiger partial charge >= 0.3 is 0 Å². The molecule has 6 nitrogen and oxygen atoms in total. The Balaban J connectivity index is 0.00000242. The number of halogens is 2. The van der Waals surface area contributed by atoms with Crippen molar-refractivity contribution in [1.29, 1.82) is 0 Å². The third-order valence-corrected chi connectivity index (χ3v) is 3.72. The maximum absolute atomic E-state index is 12.2. The van der Waals surface area contributed by atoms with E-state index in [1.165, 1.54) is 0 Å². The van der Waals surface area contributed by atoms with Crippen LogP contribution in [0.15, 0.2) is 36.7 Å². The molecule has 0 unspecified atom stereocenters. The van der Waals surface area contributed by atoms with Gasteiger partial charge < -0.3 is 11.1 Å². The molecule has 0 spiro atoms. The maximum Gasteiger partial charge on any atom is 0.270 e. The Morgan fingerprint density at radius 2 is 1.96 bits per heavy atom. The summed E-state index contributed by atoms with van der Waals surface area (Å²) in [5.41, 5.74) is 6.17. The Morgan fingerprint density at radius 1 is 1.26 bits per heavy atom. The van der Waals surface area contributed by atoms with Crippen LogP contribution in [-0.4, -0.2) is 32.8 Å². The van der Waals surface area contributed by atoms with Gasteiger partial charge in [-0.2, -0.15) is 5.10 Å². The first-order valence-electron chi connectivity index (χ1n) is 7.12. The zero-order chi connectivity index (χ0) is 15.3. The van der Waals surface area contributed by atoms with Crippen molar-refractivity contribution in [3.8, 4) is 5.82 Å². The maximum atomic E-state index is 12.2. The molecule has 2 rings (SSSR count). The van der Waals surface area contributed by atoms with E-state index in [4.69, 9.17) is 5.73 Å². The predicted molar refractivity (Wildman–Crippen MR) is 95.7 cm³/mol. The normalized spacial score (nSPS) is 10.4. The van der Waals surface area contributed by atoms with Crippen molar-refractivity contribution in [2.24, 2.45) is 5.73 Å². The van der Waals surface area contributed by atoms with Crippen LogP contribution in [-0.2, 0) is 0 Å². The van der Waals surface area contributed by atoms with Crippen LogP contribution in [0.25, 0.3) is 5.82 Å². The van der Waals surface area contributed by atoms with Crippen LogP contribution < -0.4 is 11.1 Å². The van der Waals surface area contributed by atoms with E-state index in [-0.39, 0.29) is 36.3 Å². The minimum absolute atomic E-state index is 0. The summed E-state index contributed by atoms with van der Waals surface area (Å²) in [6.07, 6.45) is 5.07. The van der Waals surface area contributed by atoms with E-state index in [9.17, 15) is 4.79 Å². The van der Waals surface area contributed by atoms with E-state index < -0.39 is 0 Å². The second kappa shape index (κ2) is 9.50. The number of carbonyl (C=O) groups excluding carboxylic acids is 1. The molecule has 1 amide bonds. The molecule has 0 saturated heterocycles. The van der Waals surface area contributed by atoms with Gasteiger partial charge in [0.25, 0.3) is 5.91 Å². The molecule has 0 atom stereocenters. The molecule has 23 heavy (non-hydrogen) atoms. The zero-order valence-corrected chi connectivity index (χ0v) is 14.9. The van der Waals surface area contributed by atoms with Gasteiger partial charge in [0.2, 0.25) is 0 Å². The van der Waals surface area contributed by atoms with Gasteiger partial charge in [0.1, 0.15) is 5.69 Å². The van der Waals surface area contributed by atoms with Crippen LogP contribution in [0.5, 0.6) is 0 Å². The van der Waals surface area contributed by atoms with E-state index in [1.54, 1.807) is 41.3 Å². The van der Waals surface area contributed by atoms with Gasteiger partial charge in [-0.3, -0.25) is 4.79 Å². The number of nitrogens with two attached hydrogens (primary N) is 1. The third kappa shape index (κ3) is 5.49. The van der Waals surface area contributed by atoms with Gasteiger partial charge in [0.15, 0.2) is 5.82 Å². The molecule has 0 saturated carbocycles. The number of pyridine rings is 1. The Kier molecular flexibility index (Phi) is 8.82. The zero-order valence-electron chi connectivity index (χ0n) is 13.2. The van der Waals surface area contributed by atoms with Gasteiger partial charge in [-0.05, 0) is 31.0 Å². The van der Waals surface area contributed by atoms with Crippen LogP contribution in [0.1, 0.15) is 37.2 Å². The largest absolute Gasteiger partial charge is 0.349 e. The number of carbonyl (C=O) groups is 1. The molecule has 0 fully saturated rings. The Labute approximate surface area is 148 Å². The minimum atomic E-state index is -0.366. The topological polar surface area (TPSA) is 85.8 Å². The van der Waals surface area contributed by atoms with E-state index in [2.05, 4.69) is 15.4 Å². The second-order valence-corrected chi connectivity index (χ2v) is 5.08. The summed E-state index contributed by atoms with van der Waals surface area (Å²) < 4.78 is 1.61. The summed E-state index contributed by atoms with van der Waals surface area (Å²) in [5.74, 6) is 0.387. The summed E-state index contributed by atoms with van der Waals surface area (Å²) in [7, 11) is 0. The summed E-state index contributed by atoms with van der Waals surface area (Å²) in [4.78, 5) is 16.5. The minimum Gasteiger partial charge on any atom is -0.349 e. The first-order valence-corrected chi connectivity index (χ1v) is 7.12. The van der Waals surface area contributed by atoms with E-state index in [1.807, 2.05) is 13.8 Å². The average molecular weight is 360 g/mol. The number of nitrogens with zero attached hydrogens (tertiary/aromatic N) is 3. The number of amides is 1. The fourth-order valence-electron chi connectivity index (χ4n) is 1.93. The second-order valence-electron chi connectivity index (χ2n) is 5.08. The molecule has 0 aliphatic carbocycles. The van der Waals surface area contributed by atoms with Crippen LogP contribution in [0.2, 0.25) is 0 Å². The van der Waals surface area contributed by atoms with Gasteiger partial charge in [-0.1, -0.05) is 19.9 Å². The monoisotopic (exact) mass is 359 g/mol. The standard InChI is InChI=1S/C15H21N5O.2ClH/c1-3-15(16,4-2)11-17-14(21)12-7-5-8-13(19-12)20-10-6-9-18-20;;/h5-10H,3-4,11,16H2,1-2H3,(H,17,21);2*1H. The Bertz CT molecular complexity index is 600. The number of nitrogens with one attached hydrogen (secondary N) is 1. The van der Waals surface area contributed by atoms with Crippen molar-refractivity contribution in [2.45, 2.75) is 32.2 Å². The van der Waals surface area contributed by atoms with Crippen molar-refractivity contribution in [3.63, 3.8) is 0 Å². The lowest BCUT2D eigenvalue weighted by molar-refractivity contribution is 0.0937. The SMILES string of the molecule is CCC(N)(CC)CNC(=O)c1cccc(-n2cccn2)n1.Cl.Cl. The molecule has 2 heterocycles. The summed E-state index contributed by atoms with van der Waals surface area (Å²) in [5, 5.41) is 6.96. The van der Waals surface area contributed by atoms with E-state index in [0.717, 1.165) is 12.8 Å². The quantitative estimate of drug-likeness (QED) is 0.828. The summed E-state index contributed by atoms with van der Waals surface area (Å²) in [6, 6.07) is 7.07. The smallest absolute Gasteiger partial charge is 0.270 e. The molecule has 0 bridgehead atoms. The fourth-order valence-corrected chi connectivity index (χ4v) is 1.93. The highest BCUT2D eigenvalue weighted by Crippen LogP contribution is 2.10. The third-order valence-electron chi connectivity index (χ3n) is 3.72. The lowest BCUT2D eigenvalue weighted by atomic mass is 9.94. The number of rotatable bonds is 6. The molecule has 2 aromatic rings. The summed E-state index contributed by atoms with van der Waals surface area (Å²) >= 11 is 0. The molecule has 0 aliphatic rings. The van der Waals surface area contributed by atoms with Gasteiger partial charge in [-0.15, -0.1) is 24.8 Å². The summed E-state index contributed by atoms with van der Waals surface area (Å²) in [6.45, 7) is 4.48. The van der Waals surface area contributed by atoms with Crippen LogP contribution >= 0.6 is 24.8 Å². The highest BCUT2D eigenvalue weighted by molar-refractivity contribution is 5.92. The predicted octanol–water partition coefficient (Wildman–Crippen LogP) is 2.36. The van der Waals surface area contributed by atoms with Crippen LogP contribution in [0.3, 0.4) is 0 Å². The lowest BCUT2D eigenvalue weighted by Crippen LogP contribution is -2.49. The van der Waals surface area contributed by atoms with Crippen molar-refractivity contribution < 1.29 is 4.79 Å².